The lowest BCUT2D eigenvalue weighted by molar-refractivity contribution is -0.128. The van der Waals surface area contributed by atoms with E-state index in [4.69, 9.17) is 0 Å². The third-order valence-corrected chi connectivity index (χ3v) is 7.23. The molecule has 2 aromatic heterocycles. The summed E-state index contributed by atoms with van der Waals surface area (Å²) in [5.41, 5.74) is -0.857. The van der Waals surface area contributed by atoms with Crippen LogP contribution in [0, 0.1) is 16.7 Å². The predicted molar refractivity (Wildman–Crippen MR) is 121 cm³/mol. The van der Waals surface area contributed by atoms with E-state index in [1.54, 1.807) is 31.7 Å². The maximum Gasteiger partial charge on any atom is 0.251 e. The van der Waals surface area contributed by atoms with Crippen LogP contribution in [0.3, 0.4) is 0 Å². The Morgan fingerprint density at radius 1 is 1.18 bits per heavy atom. The van der Waals surface area contributed by atoms with E-state index in [1.807, 2.05) is 47.4 Å². The molecule has 4 heterocycles. The van der Waals surface area contributed by atoms with E-state index in [0.29, 0.717) is 34.6 Å². The van der Waals surface area contributed by atoms with Crippen LogP contribution in [0.5, 0.6) is 0 Å². The van der Waals surface area contributed by atoms with Gasteiger partial charge in [0.1, 0.15) is 5.82 Å². The van der Waals surface area contributed by atoms with Crippen LogP contribution in [0.4, 0.5) is 5.69 Å². The third kappa shape index (κ3) is 2.19. The number of carbonyl (C=O) groups excluding carboxylic acids is 2. The van der Waals surface area contributed by atoms with Crippen molar-refractivity contribution in [1.82, 2.24) is 19.9 Å². The molecule has 4 aromatic rings. The van der Waals surface area contributed by atoms with Crippen molar-refractivity contribution in [2.45, 2.75) is 11.5 Å². The number of ketones is 1. The molecule has 1 saturated heterocycles. The van der Waals surface area contributed by atoms with Gasteiger partial charge in [0.15, 0.2) is 16.7 Å². The number of imidazole rings is 1. The minimum atomic E-state index is -1.76. The molecule has 162 valence electrons. The maximum atomic E-state index is 14.6. The first-order chi connectivity index (χ1) is 16.1. The van der Waals surface area contributed by atoms with Gasteiger partial charge in [-0.05, 0) is 19.2 Å². The molecule has 33 heavy (non-hydrogen) atoms. The van der Waals surface area contributed by atoms with Crippen LogP contribution in [0.25, 0.3) is 10.9 Å². The highest BCUT2D eigenvalue weighted by Crippen LogP contribution is 2.62. The molecule has 0 radical (unpaired) electrons. The highest BCUT2D eigenvalue weighted by molar-refractivity contribution is 6.18. The van der Waals surface area contributed by atoms with Crippen LogP contribution >= 0.6 is 0 Å². The van der Waals surface area contributed by atoms with E-state index in [9.17, 15) is 14.9 Å². The number of hydrogen-bond acceptors (Lipinski definition) is 5. The molecule has 1 fully saturated rings. The predicted octanol–water partition coefficient (Wildman–Crippen LogP) is 3.16. The van der Waals surface area contributed by atoms with Gasteiger partial charge in [0.2, 0.25) is 0 Å². The van der Waals surface area contributed by atoms with Gasteiger partial charge in [-0.25, -0.2) is 4.98 Å². The topological polar surface area (TPSA) is 118 Å². The van der Waals surface area contributed by atoms with Gasteiger partial charge in [-0.1, -0.05) is 36.4 Å². The average molecular weight is 436 g/mol. The van der Waals surface area contributed by atoms with Gasteiger partial charge in [-0.15, -0.1) is 0 Å². The number of fused-ring (bicyclic) bond motifs is 3. The van der Waals surface area contributed by atoms with Crippen molar-refractivity contribution in [2.24, 2.45) is 5.41 Å². The number of aromatic nitrogens is 3. The summed E-state index contributed by atoms with van der Waals surface area (Å²) in [6, 6.07) is 17.1. The number of anilines is 1. The highest BCUT2D eigenvalue weighted by atomic mass is 16.2. The zero-order chi connectivity index (χ0) is 22.8. The standard InChI is InChI=1S/C25H20N6O2/c1-31-13-18(22-27-10-11-28-22)24(14-26,21(32)16-12-29-19-8-4-2-6-15(16)19)25(31)17-7-3-5-9-20(17)30-23(25)33/h2-12,18,29H,13H2,1H3,(H,27,28)(H,30,33)/t18-,24+,25-/m1/s1. The Morgan fingerprint density at radius 3 is 2.76 bits per heavy atom. The molecule has 2 aliphatic heterocycles. The number of nitrogens with zero attached hydrogens (tertiary/aromatic N) is 3. The molecule has 2 aromatic carbocycles. The van der Waals surface area contributed by atoms with E-state index in [1.165, 1.54) is 0 Å². The van der Waals surface area contributed by atoms with Gasteiger partial charge in [-0.3, -0.25) is 14.5 Å². The normalized spacial score (nSPS) is 26.4. The van der Waals surface area contributed by atoms with Crippen LogP contribution in [0.2, 0.25) is 0 Å². The van der Waals surface area contributed by atoms with Crippen LogP contribution in [0.1, 0.15) is 27.7 Å². The van der Waals surface area contributed by atoms with Gasteiger partial charge in [0.25, 0.3) is 5.91 Å². The van der Waals surface area contributed by atoms with Crippen molar-refractivity contribution in [2.75, 3.05) is 18.9 Å². The van der Waals surface area contributed by atoms with Gasteiger partial charge in [0.05, 0.1) is 12.0 Å². The van der Waals surface area contributed by atoms with Crippen LogP contribution in [0.15, 0.2) is 67.1 Å². The zero-order valence-corrected chi connectivity index (χ0v) is 17.8. The summed E-state index contributed by atoms with van der Waals surface area (Å²) < 4.78 is 0. The summed E-state index contributed by atoms with van der Waals surface area (Å²) in [5.74, 6) is -0.929. The SMILES string of the molecule is CN1C[C@H](c2ncc[nH]2)[C@@](C#N)(C(=O)c2c[nH]c3ccccc23)[C@@]12C(=O)Nc1ccccc12. The smallest absolute Gasteiger partial charge is 0.251 e. The number of aromatic amines is 2. The first kappa shape index (κ1) is 19.5. The Kier molecular flexibility index (Phi) is 3.92. The molecule has 3 atom stereocenters. The summed E-state index contributed by atoms with van der Waals surface area (Å²) in [5, 5.41) is 14.5. The Bertz CT molecular complexity index is 1470. The first-order valence-corrected chi connectivity index (χ1v) is 10.7. The molecule has 2 aliphatic rings. The van der Waals surface area contributed by atoms with Crippen molar-refractivity contribution in [3.05, 3.63) is 84.1 Å². The number of amides is 1. The fourth-order valence-corrected chi connectivity index (χ4v) is 5.88. The van der Waals surface area contributed by atoms with Gasteiger partial charge in [-0.2, -0.15) is 5.26 Å². The zero-order valence-electron chi connectivity index (χ0n) is 17.8. The number of likely N-dealkylation sites (tertiary alicyclic amines) is 1. The lowest BCUT2D eigenvalue weighted by Gasteiger charge is -2.40. The van der Waals surface area contributed by atoms with Crippen molar-refractivity contribution < 1.29 is 9.59 Å². The van der Waals surface area contributed by atoms with Gasteiger partial charge < -0.3 is 15.3 Å². The number of nitriles is 1. The Morgan fingerprint density at radius 2 is 1.97 bits per heavy atom. The minimum absolute atomic E-state index is 0.303. The molecule has 0 unspecified atom stereocenters. The number of Topliss-reactive ketones (excluding diaryl/α,β-unsaturated/α-hetero) is 1. The lowest BCUT2D eigenvalue weighted by Crippen LogP contribution is -2.58. The second-order valence-corrected chi connectivity index (χ2v) is 8.61. The molecule has 1 amide bonds. The number of nitrogens with one attached hydrogen (secondary N) is 3. The Balaban J connectivity index is 1.69. The maximum absolute atomic E-state index is 14.6. The fourth-order valence-electron chi connectivity index (χ4n) is 5.88. The molecular weight excluding hydrogens is 416 g/mol. The van der Waals surface area contributed by atoms with Crippen LogP contribution in [-0.4, -0.2) is 45.1 Å². The van der Waals surface area contributed by atoms with Gasteiger partial charge >= 0.3 is 0 Å². The Hall–Kier alpha value is -4.22. The number of benzene rings is 2. The van der Waals surface area contributed by atoms with E-state index in [-0.39, 0.29) is 5.91 Å². The van der Waals surface area contributed by atoms with E-state index >= 15 is 0 Å². The van der Waals surface area contributed by atoms with Crippen molar-refractivity contribution in [3.8, 4) is 6.07 Å². The van der Waals surface area contributed by atoms with E-state index in [0.717, 1.165) is 5.52 Å². The highest BCUT2D eigenvalue weighted by Gasteiger charge is 2.75. The first-order valence-electron chi connectivity index (χ1n) is 10.7. The molecule has 3 N–H and O–H groups in total. The number of H-pyrrole nitrogens is 2. The molecule has 0 bridgehead atoms. The van der Waals surface area contributed by atoms with Crippen molar-refractivity contribution >= 4 is 28.3 Å². The van der Waals surface area contributed by atoms with E-state index < -0.39 is 22.7 Å². The van der Waals surface area contributed by atoms with E-state index in [2.05, 4.69) is 26.3 Å². The quantitative estimate of drug-likeness (QED) is 0.427. The summed E-state index contributed by atoms with van der Waals surface area (Å²) in [6.07, 6.45) is 4.90. The summed E-state index contributed by atoms with van der Waals surface area (Å²) in [4.78, 5) is 40.8. The number of hydrogen-bond donors (Lipinski definition) is 3. The number of para-hydroxylation sites is 2. The van der Waals surface area contributed by atoms with Crippen LogP contribution < -0.4 is 5.32 Å². The summed E-state index contributed by atoms with van der Waals surface area (Å²) in [7, 11) is 1.79. The third-order valence-electron chi connectivity index (χ3n) is 7.23. The fraction of sp³-hybridized carbons (Fsp3) is 0.200. The lowest BCUT2D eigenvalue weighted by atomic mass is 9.59. The number of carbonyl (C=O) groups is 2. The van der Waals surface area contributed by atoms with Crippen molar-refractivity contribution in [3.63, 3.8) is 0 Å². The second-order valence-electron chi connectivity index (χ2n) is 8.61. The largest absolute Gasteiger partial charge is 0.360 e. The molecule has 8 heteroatoms. The average Bonchev–Trinajstić information content (AvgIpc) is 3.60. The molecule has 0 aliphatic carbocycles. The molecule has 6 rings (SSSR count). The van der Waals surface area contributed by atoms with Gasteiger partial charge in [0, 0.05) is 52.9 Å². The molecule has 0 saturated carbocycles. The summed E-state index contributed by atoms with van der Waals surface area (Å²) >= 11 is 0. The van der Waals surface area contributed by atoms with Crippen molar-refractivity contribution in [1.29, 1.82) is 5.26 Å². The molecular formula is C25H20N6O2. The molecule has 8 nitrogen and oxygen atoms in total. The van der Waals surface area contributed by atoms with Crippen LogP contribution in [-0.2, 0) is 10.3 Å². The minimum Gasteiger partial charge on any atom is -0.360 e. The monoisotopic (exact) mass is 436 g/mol. The summed E-state index contributed by atoms with van der Waals surface area (Å²) in [6.45, 7) is 0.303. The molecule has 1 spiro atoms. The Labute approximate surface area is 189 Å². The number of likely N-dealkylation sites (N-methyl/N-ethyl adjacent to an activating group) is 1. The second kappa shape index (κ2) is 6.64. The number of rotatable bonds is 3.